The molecule has 3 amide bonds. The highest BCUT2D eigenvalue weighted by Gasteiger charge is 2.36. The van der Waals surface area contributed by atoms with Gasteiger partial charge < -0.3 is 30.1 Å². The molecule has 0 saturated carbocycles. The molecule has 2 aromatic carbocycles. The fraction of sp³-hybridized carbons (Fsp3) is 0.516. The Morgan fingerprint density at radius 3 is 2.12 bits per heavy atom. The Morgan fingerprint density at radius 1 is 0.950 bits per heavy atom. The topological polar surface area (TPSA) is 117 Å². The van der Waals surface area contributed by atoms with Crippen LogP contribution in [-0.2, 0) is 20.7 Å². The largest absolute Gasteiger partial charge is 0.497 e. The molecule has 40 heavy (non-hydrogen) atoms. The molecule has 0 spiro atoms. The number of hydrogen-bond acceptors (Lipinski definition) is 6. The lowest BCUT2D eigenvalue weighted by atomic mass is 10.00. The number of anilines is 1. The Kier molecular flexibility index (Phi) is 12.9. The van der Waals surface area contributed by atoms with Crippen molar-refractivity contribution in [3.8, 4) is 5.75 Å². The maximum Gasteiger partial charge on any atom is 0.408 e. The number of alkyl carbamates (subject to hydrolysis) is 1. The summed E-state index contributed by atoms with van der Waals surface area (Å²) < 4.78 is 10.5. The third-order valence-corrected chi connectivity index (χ3v) is 6.33. The summed E-state index contributed by atoms with van der Waals surface area (Å²) >= 11 is 0. The normalized spacial score (nSPS) is 12.7. The van der Waals surface area contributed by atoms with E-state index in [1.165, 1.54) is 4.90 Å². The molecule has 220 valence electrons. The number of methoxy groups -OCH3 is 1. The summed E-state index contributed by atoms with van der Waals surface area (Å²) in [6.07, 6.45) is 3.52. The minimum Gasteiger partial charge on any atom is -0.497 e. The Balaban J connectivity index is 2.47. The van der Waals surface area contributed by atoms with Crippen molar-refractivity contribution in [2.75, 3.05) is 25.6 Å². The SMILES string of the molecule is CCCCCCN(C(=O)C(CO)NC(=O)OC(C)(C)C)C(C(=O)Nc1ccc(OC)cc1)c1ccc(CC)cc1. The summed E-state index contributed by atoms with van der Waals surface area (Å²) in [6.45, 7) is 8.88. The summed E-state index contributed by atoms with van der Waals surface area (Å²) in [4.78, 5) is 41.7. The number of hydrogen-bond donors (Lipinski definition) is 3. The molecule has 0 aromatic heterocycles. The molecular weight excluding hydrogens is 510 g/mol. The molecule has 2 aromatic rings. The average molecular weight is 556 g/mol. The number of nitrogens with zero attached hydrogens (tertiary/aromatic N) is 1. The van der Waals surface area contributed by atoms with Gasteiger partial charge in [0, 0.05) is 12.2 Å². The molecule has 0 fully saturated rings. The second-order valence-electron chi connectivity index (χ2n) is 10.7. The number of aliphatic hydroxyl groups excluding tert-OH is 1. The van der Waals surface area contributed by atoms with Gasteiger partial charge in [0.05, 0.1) is 13.7 Å². The molecule has 0 aliphatic carbocycles. The number of amides is 3. The van der Waals surface area contributed by atoms with Gasteiger partial charge in [-0.15, -0.1) is 0 Å². The van der Waals surface area contributed by atoms with Gasteiger partial charge in [-0.25, -0.2) is 4.79 Å². The van der Waals surface area contributed by atoms with Gasteiger partial charge >= 0.3 is 6.09 Å². The zero-order valence-electron chi connectivity index (χ0n) is 24.7. The Labute approximate surface area is 238 Å². The number of carbonyl (C=O) groups excluding carboxylic acids is 3. The number of benzene rings is 2. The number of ether oxygens (including phenoxy) is 2. The van der Waals surface area contributed by atoms with Gasteiger partial charge in [0.15, 0.2) is 0 Å². The molecule has 3 N–H and O–H groups in total. The van der Waals surface area contributed by atoms with Gasteiger partial charge in [0.1, 0.15) is 23.4 Å². The van der Waals surface area contributed by atoms with Crippen molar-refractivity contribution in [3.63, 3.8) is 0 Å². The van der Waals surface area contributed by atoms with Crippen molar-refractivity contribution in [1.29, 1.82) is 0 Å². The van der Waals surface area contributed by atoms with Crippen LogP contribution in [0.15, 0.2) is 48.5 Å². The molecule has 9 heteroatoms. The lowest BCUT2D eigenvalue weighted by molar-refractivity contribution is -0.141. The van der Waals surface area contributed by atoms with E-state index in [9.17, 15) is 19.5 Å². The van der Waals surface area contributed by atoms with Crippen LogP contribution in [0.1, 0.15) is 77.5 Å². The lowest BCUT2D eigenvalue weighted by Crippen LogP contribution is -2.54. The third kappa shape index (κ3) is 10.2. The van der Waals surface area contributed by atoms with Gasteiger partial charge in [0.2, 0.25) is 5.91 Å². The van der Waals surface area contributed by atoms with E-state index in [2.05, 4.69) is 17.6 Å². The molecule has 0 saturated heterocycles. The zero-order valence-corrected chi connectivity index (χ0v) is 24.7. The first-order valence-electron chi connectivity index (χ1n) is 14.0. The first kappa shape index (κ1) is 32.6. The van der Waals surface area contributed by atoms with Crippen LogP contribution in [0, 0.1) is 0 Å². The highest BCUT2D eigenvalue weighted by molar-refractivity contribution is 5.99. The number of unbranched alkanes of at least 4 members (excludes halogenated alkanes) is 3. The molecule has 2 atom stereocenters. The van der Waals surface area contributed by atoms with Crippen LogP contribution >= 0.6 is 0 Å². The van der Waals surface area contributed by atoms with Gasteiger partial charge in [0.25, 0.3) is 5.91 Å². The van der Waals surface area contributed by atoms with E-state index in [0.717, 1.165) is 31.2 Å². The summed E-state index contributed by atoms with van der Waals surface area (Å²) in [6, 6.07) is 12.2. The maximum atomic E-state index is 13.9. The van der Waals surface area contributed by atoms with Crippen LogP contribution in [0.4, 0.5) is 10.5 Å². The Bertz CT molecular complexity index is 1080. The van der Waals surface area contributed by atoms with Gasteiger partial charge in [-0.1, -0.05) is 57.4 Å². The van der Waals surface area contributed by atoms with Crippen molar-refractivity contribution < 1.29 is 29.0 Å². The van der Waals surface area contributed by atoms with E-state index in [4.69, 9.17) is 9.47 Å². The average Bonchev–Trinajstić information content (AvgIpc) is 2.92. The van der Waals surface area contributed by atoms with Crippen LogP contribution < -0.4 is 15.4 Å². The first-order valence-corrected chi connectivity index (χ1v) is 14.0. The monoisotopic (exact) mass is 555 g/mol. The van der Waals surface area contributed by atoms with Crippen molar-refractivity contribution >= 4 is 23.6 Å². The zero-order chi connectivity index (χ0) is 29.7. The smallest absolute Gasteiger partial charge is 0.408 e. The number of nitrogens with one attached hydrogen (secondary N) is 2. The van der Waals surface area contributed by atoms with Crippen molar-refractivity contribution in [2.24, 2.45) is 0 Å². The molecule has 0 bridgehead atoms. The van der Waals surface area contributed by atoms with Gasteiger partial charge in [-0.2, -0.15) is 0 Å². The Hall–Kier alpha value is -3.59. The van der Waals surface area contributed by atoms with Crippen LogP contribution in [0.25, 0.3) is 0 Å². The van der Waals surface area contributed by atoms with Crippen molar-refractivity contribution in [1.82, 2.24) is 10.2 Å². The quantitative estimate of drug-likeness (QED) is 0.275. The van der Waals surface area contributed by atoms with E-state index in [1.807, 2.05) is 31.2 Å². The fourth-order valence-electron chi connectivity index (χ4n) is 4.20. The standard InChI is InChI=1S/C31H45N3O6/c1-7-9-10-11-20-34(29(37)26(21-35)33-30(38)40-31(3,4)5)27(23-14-12-22(8-2)13-15-23)28(36)32-24-16-18-25(39-6)19-17-24/h12-19,26-27,35H,7-11,20-21H2,1-6H3,(H,32,36)(H,33,38). The summed E-state index contributed by atoms with van der Waals surface area (Å²) in [7, 11) is 1.56. The fourth-order valence-corrected chi connectivity index (χ4v) is 4.20. The highest BCUT2D eigenvalue weighted by atomic mass is 16.6. The van der Waals surface area contributed by atoms with E-state index in [1.54, 1.807) is 52.1 Å². The summed E-state index contributed by atoms with van der Waals surface area (Å²) in [5, 5.41) is 15.5. The van der Waals surface area contributed by atoms with E-state index < -0.39 is 42.2 Å². The molecule has 2 rings (SSSR count). The molecule has 0 aliphatic heterocycles. The molecule has 2 unspecified atom stereocenters. The summed E-state index contributed by atoms with van der Waals surface area (Å²) in [5.74, 6) is -0.331. The van der Waals surface area contributed by atoms with Crippen LogP contribution in [0.5, 0.6) is 5.75 Å². The lowest BCUT2D eigenvalue weighted by Gasteiger charge is -2.34. The van der Waals surface area contributed by atoms with E-state index >= 15 is 0 Å². The van der Waals surface area contributed by atoms with E-state index in [-0.39, 0.29) is 6.54 Å². The van der Waals surface area contributed by atoms with Crippen LogP contribution in [-0.4, -0.2) is 59.8 Å². The van der Waals surface area contributed by atoms with Crippen molar-refractivity contribution in [2.45, 2.75) is 84.4 Å². The number of carbonyl (C=O) groups is 3. The second kappa shape index (κ2) is 15.9. The molecular formula is C31H45N3O6. The van der Waals surface area contributed by atoms with Crippen LogP contribution in [0.2, 0.25) is 0 Å². The first-order chi connectivity index (χ1) is 19.0. The van der Waals surface area contributed by atoms with E-state index in [0.29, 0.717) is 23.4 Å². The number of aryl methyl sites for hydroxylation is 1. The third-order valence-electron chi connectivity index (χ3n) is 6.33. The van der Waals surface area contributed by atoms with Crippen molar-refractivity contribution in [3.05, 3.63) is 59.7 Å². The predicted molar refractivity (Wildman–Crippen MR) is 156 cm³/mol. The predicted octanol–water partition coefficient (Wildman–Crippen LogP) is 5.23. The number of rotatable bonds is 14. The van der Waals surface area contributed by atoms with Gasteiger partial charge in [-0.05, 0) is 69.0 Å². The number of aliphatic hydroxyl groups is 1. The molecule has 0 radical (unpaired) electrons. The molecule has 9 nitrogen and oxygen atoms in total. The maximum absolute atomic E-state index is 13.9. The molecule has 0 heterocycles. The summed E-state index contributed by atoms with van der Waals surface area (Å²) in [5.41, 5.74) is 1.49. The Morgan fingerprint density at radius 2 is 1.60 bits per heavy atom. The molecule has 0 aliphatic rings. The minimum atomic E-state index is -1.28. The minimum absolute atomic E-state index is 0.265. The second-order valence-corrected chi connectivity index (χ2v) is 10.7. The van der Waals surface area contributed by atoms with Gasteiger partial charge in [-0.3, -0.25) is 9.59 Å². The highest BCUT2D eigenvalue weighted by Crippen LogP contribution is 2.26. The van der Waals surface area contributed by atoms with Crippen LogP contribution in [0.3, 0.4) is 0 Å².